The van der Waals surface area contributed by atoms with Crippen LogP contribution in [0.5, 0.6) is 0 Å². The predicted octanol–water partition coefficient (Wildman–Crippen LogP) is 4.62. The number of thioether (sulfide) groups is 1. The summed E-state index contributed by atoms with van der Waals surface area (Å²) in [6.45, 7) is 0. The second-order valence-corrected chi connectivity index (χ2v) is 6.98. The first-order chi connectivity index (χ1) is 7.98. The van der Waals surface area contributed by atoms with Crippen LogP contribution in [0.4, 0.5) is 0 Å². The van der Waals surface area contributed by atoms with Crippen LogP contribution in [-0.4, -0.2) is 14.3 Å². The lowest BCUT2D eigenvalue weighted by atomic mass is 10.1. The van der Waals surface area contributed by atoms with Gasteiger partial charge in [-0.3, -0.25) is 0 Å². The van der Waals surface area contributed by atoms with E-state index in [1.165, 1.54) is 0 Å². The first-order valence-electron chi connectivity index (χ1n) is 4.88. The standard InChI is InChI=1S/C12H9Cl3OS/c13-12(14,15)11(16)17-10-7-3-5-8-4-1-2-6-9(8)10/h1-7,11,16H. The number of hydrogen-bond acceptors (Lipinski definition) is 2. The van der Waals surface area contributed by atoms with E-state index in [-0.39, 0.29) is 0 Å². The molecule has 1 unspecified atom stereocenters. The summed E-state index contributed by atoms with van der Waals surface area (Å²) in [5, 5.41) is 11.9. The molecule has 0 aromatic heterocycles. The SMILES string of the molecule is OC(Sc1cccc2ccccc12)C(Cl)(Cl)Cl. The van der Waals surface area contributed by atoms with Gasteiger partial charge in [0.1, 0.15) is 0 Å². The van der Waals surface area contributed by atoms with Gasteiger partial charge in [-0.15, -0.1) is 0 Å². The zero-order valence-electron chi connectivity index (χ0n) is 8.61. The average molecular weight is 308 g/mol. The largest absolute Gasteiger partial charge is 0.378 e. The van der Waals surface area contributed by atoms with Gasteiger partial charge < -0.3 is 5.11 Å². The highest BCUT2D eigenvalue weighted by Crippen LogP contribution is 2.40. The van der Waals surface area contributed by atoms with Gasteiger partial charge in [0.2, 0.25) is 3.79 Å². The number of rotatable bonds is 2. The highest BCUT2D eigenvalue weighted by molar-refractivity contribution is 8.00. The molecule has 2 rings (SSSR count). The third-order valence-electron chi connectivity index (χ3n) is 2.27. The molecule has 1 atom stereocenters. The minimum Gasteiger partial charge on any atom is -0.378 e. The summed E-state index contributed by atoms with van der Waals surface area (Å²) in [6.07, 6.45) is 0. The zero-order chi connectivity index (χ0) is 12.5. The van der Waals surface area contributed by atoms with E-state index in [4.69, 9.17) is 34.8 Å². The van der Waals surface area contributed by atoms with Crippen molar-refractivity contribution in [2.24, 2.45) is 0 Å². The van der Waals surface area contributed by atoms with Crippen LogP contribution in [0.2, 0.25) is 0 Å². The molecular formula is C12H9Cl3OS. The Morgan fingerprint density at radius 3 is 2.35 bits per heavy atom. The van der Waals surface area contributed by atoms with Crippen LogP contribution in [0.3, 0.4) is 0 Å². The normalized spacial score (nSPS) is 13.9. The van der Waals surface area contributed by atoms with Gasteiger partial charge in [-0.2, -0.15) is 0 Å². The van der Waals surface area contributed by atoms with Gasteiger partial charge >= 0.3 is 0 Å². The number of fused-ring (bicyclic) bond motifs is 1. The molecule has 0 fully saturated rings. The summed E-state index contributed by atoms with van der Waals surface area (Å²) in [5.74, 6) is 0. The minimum absolute atomic E-state index is 0.891. The molecule has 0 aliphatic carbocycles. The molecule has 0 heterocycles. The van der Waals surface area contributed by atoms with Crippen molar-refractivity contribution in [3.8, 4) is 0 Å². The lowest BCUT2D eigenvalue weighted by molar-refractivity contribution is 0.268. The molecule has 2 aromatic rings. The van der Waals surface area contributed by atoms with Crippen molar-refractivity contribution < 1.29 is 5.11 Å². The van der Waals surface area contributed by atoms with E-state index >= 15 is 0 Å². The zero-order valence-corrected chi connectivity index (χ0v) is 11.7. The number of alkyl halides is 3. The molecule has 0 saturated heterocycles. The van der Waals surface area contributed by atoms with Gasteiger partial charge in [-0.05, 0) is 16.8 Å². The van der Waals surface area contributed by atoms with E-state index in [0.29, 0.717) is 0 Å². The lowest BCUT2D eigenvalue weighted by Crippen LogP contribution is -2.20. The quantitative estimate of drug-likeness (QED) is 0.496. The summed E-state index contributed by atoms with van der Waals surface area (Å²) in [4.78, 5) is 0.891. The summed E-state index contributed by atoms with van der Waals surface area (Å²) in [7, 11) is 0. The van der Waals surface area contributed by atoms with Crippen LogP contribution in [-0.2, 0) is 0 Å². The van der Waals surface area contributed by atoms with Crippen molar-refractivity contribution in [3.63, 3.8) is 0 Å². The lowest BCUT2D eigenvalue weighted by Gasteiger charge is -2.18. The Hall–Kier alpha value is -0.120. The molecule has 0 saturated carbocycles. The third-order valence-corrected chi connectivity index (χ3v) is 4.46. The van der Waals surface area contributed by atoms with Crippen molar-refractivity contribution in [3.05, 3.63) is 42.5 Å². The number of hydrogen-bond donors (Lipinski definition) is 1. The molecule has 1 nitrogen and oxygen atoms in total. The van der Waals surface area contributed by atoms with E-state index < -0.39 is 9.23 Å². The molecule has 0 aliphatic rings. The smallest absolute Gasteiger partial charge is 0.225 e. The minimum atomic E-state index is -1.69. The van der Waals surface area contributed by atoms with Gasteiger partial charge in [-0.1, -0.05) is 83.0 Å². The fourth-order valence-corrected chi connectivity index (χ4v) is 2.73. The van der Waals surface area contributed by atoms with E-state index in [1.54, 1.807) is 0 Å². The van der Waals surface area contributed by atoms with Gasteiger partial charge in [0.15, 0.2) is 5.44 Å². The Kier molecular flexibility index (Phi) is 4.11. The molecule has 2 aromatic carbocycles. The van der Waals surface area contributed by atoms with Gasteiger partial charge in [0.05, 0.1) is 0 Å². The maximum Gasteiger partial charge on any atom is 0.225 e. The molecule has 5 heteroatoms. The maximum absolute atomic E-state index is 9.77. The highest BCUT2D eigenvalue weighted by atomic mass is 35.6. The molecule has 17 heavy (non-hydrogen) atoms. The molecule has 1 N–H and O–H groups in total. The fourth-order valence-electron chi connectivity index (χ4n) is 1.49. The van der Waals surface area contributed by atoms with Crippen LogP contribution in [0, 0.1) is 0 Å². The monoisotopic (exact) mass is 306 g/mol. The van der Waals surface area contributed by atoms with Crippen LogP contribution in [0.25, 0.3) is 10.8 Å². The Bertz CT molecular complexity index is 519. The van der Waals surface area contributed by atoms with Crippen molar-refractivity contribution >= 4 is 57.3 Å². The van der Waals surface area contributed by atoms with Crippen LogP contribution in [0.15, 0.2) is 47.4 Å². The number of aliphatic hydroxyl groups excluding tert-OH is 1. The van der Waals surface area contributed by atoms with Crippen molar-refractivity contribution in [1.82, 2.24) is 0 Å². The summed E-state index contributed by atoms with van der Waals surface area (Å²) in [6, 6.07) is 13.7. The highest BCUT2D eigenvalue weighted by Gasteiger charge is 2.31. The summed E-state index contributed by atoms with van der Waals surface area (Å²) >= 11 is 18.1. The fraction of sp³-hybridized carbons (Fsp3) is 0.167. The number of halogens is 3. The van der Waals surface area contributed by atoms with Gasteiger partial charge in [0.25, 0.3) is 0 Å². The van der Waals surface area contributed by atoms with Gasteiger partial charge in [-0.25, -0.2) is 0 Å². The molecule has 0 amide bonds. The van der Waals surface area contributed by atoms with Crippen molar-refractivity contribution in [1.29, 1.82) is 0 Å². The first-order valence-corrected chi connectivity index (χ1v) is 6.89. The Morgan fingerprint density at radius 1 is 1.00 bits per heavy atom. The first kappa shape index (κ1) is 13.3. The van der Waals surface area contributed by atoms with E-state index in [0.717, 1.165) is 27.4 Å². The van der Waals surface area contributed by atoms with Crippen molar-refractivity contribution in [2.75, 3.05) is 0 Å². The Balaban J connectivity index is 2.36. The molecule has 0 aliphatic heterocycles. The van der Waals surface area contributed by atoms with Crippen LogP contribution >= 0.6 is 46.6 Å². The van der Waals surface area contributed by atoms with Crippen LogP contribution in [0.1, 0.15) is 0 Å². The summed E-state index contributed by atoms with van der Waals surface area (Å²) in [5.41, 5.74) is -1.10. The third kappa shape index (κ3) is 3.21. The molecular weight excluding hydrogens is 299 g/mol. The number of aliphatic hydroxyl groups is 1. The van der Waals surface area contributed by atoms with E-state index in [9.17, 15) is 5.11 Å². The van der Waals surface area contributed by atoms with Gasteiger partial charge in [0, 0.05) is 4.90 Å². The second kappa shape index (κ2) is 5.25. The molecule has 90 valence electrons. The number of benzene rings is 2. The Morgan fingerprint density at radius 2 is 1.65 bits per heavy atom. The van der Waals surface area contributed by atoms with Crippen molar-refractivity contribution in [2.45, 2.75) is 14.1 Å². The maximum atomic E-state index is 9.77. The molecule has 0 radical (unpaired) electrons. The second-order valence-electron chi connectivity index (χ2n) is 3.49. The van der Waals surface area contributed by atoms with E-state index in [1.807, 2.05) is 42.5 Å². The summed E-state index contributed by atoms with van der Waals surface area (Å²) < 4.78 is -1.69. The van der Waals surface area contributed by atoms with E-state index in [2.05, 4.69) is 0 Å². The Labute approximate surface area is 119 Å². The average Bonchev–Trinajstić information content (AvgIpc) is 2.28. The topological polar surface area (TPSA) is 20.2 Å². The molecule has 0 spiro atoms. The molecule has 0 bridgehead atoms. The predicted molar refractivity (Wildman–Crippen MR) is 76.1 cm³/mol. The van der Waals surface area contributed by atoms with Crippen LogP contribution < -0.4 is 0 Å².